The maximum Gasteiger partial charge on any atom is 0.259 e. The van der Waals surface area contributed by atoms with Gasteiger partial charge in [-0.3, -0.25) is 4.79 Å². The van der Waals surface area contributed by atoms with Crippen molar-refractivity contribution in [3.05, 3.63) is 70.2 Å². The molecule has 3 aromatic rings. The van der Waals surface area contributed by atoms with Crippen LogP contribution in [0.3, 0.4) is 0 Å². The Balaban J connectivity index is 1.55. The average Bonchev–Trinajstić information content (AvgIpc) is 3.16. The quantitative estimate of drug-likeness (QED) is 0.544. The molecular weight excluding hydrogens is 483 g/mol. The zero-order valence-corrected chi connectivity index (χ0v) is 18.8. The van der Waals surface area contributed by atoms with E-state index in [0.29, 0.717) is 6.07 Å². The third kappa shape index (κ3) is 4.23. The van der Waals surface area contributed by atoms with Gasteiger partial charge in [0.25, 0.3) is 5.91 Å². The highest BCUT2D eigenvalue weighted by Gasteiger charge is 2.34. The highest BCUT2D eigenvalue weighted by Crippen LogP contribution is 2.34. The summed E-state index contributed by atoms with van der Waals surface area (Å²) in [5, 5.41) is 3.87. The van der Waals surface area contributed by atoms with E-state index >= 15 is 0 Å². The van der Waals surface area contributed by atoms with Crippen LogP contribution in [0.25, 0.3) is 11.3 Å². The predicted molar refractivity (Wildman–Crippen MR) is 113 cm³/mol. The molecule has 1 amide bonds. The van der Waals surface area contributed by atoms with Crippen LogP contribution in [0.1, 0.15) is 16.1 Å². The van der Waals surface area contributed by atoms with Gasteiger partial charge >= 0.3 is 0 Å². The molecule has 12 heteroatoms. The number of aryl methyl sites for hydroxylation is 1. The van der Waals surface area contributed by atoms with Crippen molar-refractivity contribution >= 4 is 27.5 Å². The van der Waals surface area contributed by atoms with Gasteiger partial charge in [-0.15, -0.1) is 0 Å². The first-order valence-corrected chi connectivity index (χ1v) is 11.6. The SMILES string of the molecule is Cc1onc(-c2c(F)cccc2Cl)c1C(=O)N1CCN(S(=O)(=O)c2ccc(F)c(F)c2)CC1. The maximum atomic E-state index is 14.4. The van der Waals surface area contributed by atoms with Gasteiger partial charge in [0, 0.05) is 26.2 Å². The molecule has 174 valence electrons. The number of carbonyl (C=O) groups excluding carboxylic acids is 1. The van der Waals surface area contributed by atoms with Crippen molar-refractivity contribution in [2.75, 3.05) is 26.2 Å². The van der Waals surface area contributed by atoms with Crippen LogP contribution < -0.4 is 0 Å². The number of piperazine rings is 1. The highest BCUT2D eigenvalue weighted by atomic mass is 35.5. The zero-order chi connectivity index (χ0) is 23.9. The number of rotatable bonds is 4. The topological polar surface area (TPSA) is 83.7 Å². The summed E-state index contributed by atoms with van der Waals surface area (Å²) in [5.74, 6) is -3.46. The number of nitrogens with zero attached hydrogens (tertiary/aromatic N) is 3. The molecule has 0 radical (unpaired) electrons. The Morgan fingerprint density at radius 2 is 1.73 bits per heavy atom. The summed E-state index contributed by atoms with van der Waals surface area (Å²) >= 11 is 6.11. The summed E-state index contributed by atoms with van der Waals surface area (Å²) in [5.41, 5.74) is -0.0877. The first-order chi connectivity index (χ1) is 15.6. The van der Waals surface area contributed by atoms with Crippen LogP contribution in [0.15, 0.2) is 45.8 Å². The lowest BCUT2D eigenvalue weighted by Crippen LogP contribution is -2.50. The van der Waals surface area contributed by atoms with Crippen LogP contribution in [-0.2, 0) is 10.0 Å². The van der Waals surface area contributed by atoms with Crippen LogP contribution in [0.5, 0.6) is 0 Å². The van der Waals surface area contributed by atoms with Gasteiger partial charge in [0.2, 0.25) is 10.0 Å². The van der Waals surface area contributed by atoms with Gasteiger partial charge < -0.3 is 9.42 Å². The summed E-state index contributed by atoms with van der Waals surface area (Å²) in [4.78, 5) is 14.2. The first kappa shape index (κ1) is 23.3. The third-order valence-electron chi connectivity index (χ3n) is 5.33. The van der Waals surface area contributed by atoms with E-state index in [1.165, 1.54) is 30.0 Å². The summed E-state index contributed by atoms with van der Waals surface area (Å²) in [6.45, 7) is 1.37. The number of halogens is 4. The second-order valence-electron chi connectivity index (χ2n) is 7.33. The molecule has 7 nitrogen and oxygen atoms in total. The largest absolute Gasteiger partial charge is 0.360 e. The Morgan fingerprint density at radius 3 is 2.36 bits per heavy atom. The van der Waals surface area contributed by atoms with Crippen LogP contribution >= 0.6 is 11.6 Å². The third-order valence-corrected chi connectivity index (χ3v) is 7.54. The molecule has 1 saturated heterocycles. The van der Waals surface area contributed by atoms with Gasteiger partial charge in [-0.05, 0) is 37.3 Å². The molecule has 1 aliphatic heterocycles. The first-order valence-electron chi connectivity index (χ1n) is 9.76. The molecule has 0 aliphatic carbocycles. The number of carbonyl (C=O) groups is 1. The number of hydrogen-bond acceptors (Lipinski definition) is 5. The molecule has 0 unspecified atom stereocenters. The number of amides is 1. The van der Waals surface area contributed by atoms with Gasteiger partial charge in [0.15, 0.2) is 11.6 Å². The van der Waals surface area contributed by atoms with E-state index in [1.807, 2.05) is 0 Å². The van der Waals surface area contributed by atoms with E-state index in [4.69, 9.17) is 16.1 Å². The number of benzene rings is 2. The number of aromatic nitrogens is 1. The molecule has 0 atom stereocenters. The molecule has 0 spiro atoms. The van der Waals surface area contributed by atoms with Crippen molar-refractivity contribution in [2.24, 2.45) is 0 Å². The fourth-order valence-electron chi connectivity index (χ4n) is 3.59. The highest BCUT2D eigenvalue weighted by molar-refractivity contribution is 7.89. The fourth-order valence-corrected chi connectivity index (χ4v) is 5.28. The number of hydrogen-bond donors (Lipinski definition) is 0. The monoisotopic (exact) mass is 499 g/mol. The van der Waals surface area contributed by atoms with Gasteiger partial charge in [-0.25, -0.2) is 21.6 Å². The molecule has 4 rings (SSSR count). The second kappa shape index (κ2) is 8.81. The minimum atomic E-state index is -4.08. The van der Waals surface area contributed by atoms with E-state index in [-0.39, 0.29) is 58.7 Å². The van der Waals surface area contributed by atoms with Crippen molar-refractivity contribution in [1.29, 1.82) is 0 Å². The lowest BCUT2D eigenvalue weighted by atomic mass is 10.0. The van der Waals surface area contributed by atoms with Gasteiger partial charge in [0.05, 0.1) is 15.5 Å². The summed E-state index contributed by atoms with van der Waals surface area (Å²) in [6, 6.07) is 6.40. The Labute approximate surface area is 192 Å². The standard InChI is InChI=1S/C21H17ClF3N3O4S/c1-12-18(20(26-32-12)19-14(22)3-2-4-16(19)24)21(29)27-7-9-28(10-8-27)33(30,31)13-5-6-15(23)17(25)11-13/h2-6,11H,7-10H2,1H3. The molecule has 0 N–H and O–H groups in total. The van der Waals surface area contributed by atoms with Gasteiger partial charge in [-0.1, -0.05) is 22.8 Å². The minimum absolute atomic E-state index is 0.0107. The lowest BCUT2D eigenvalue weighted by Gasteiger charge is -2.34. The molecule has 1 fully saturated rings. The molecule has 1 aromatic heterocycles. The molecular formula is C21H17ClF3N3O4S. The zero-order valence-electron chi connectivity index (χ0n) is 17.2. The predicted octanol–water partition coefficient (Wildman–Crippen LogP) is 3.87. The van der Waals surface area contributed by atoms with Crippen LogP contribution in [0.2, 0.25) is 5.02 Å². The van der Waals surface area contributed by atoms with Crippen molar-refractivity contribution < 1.29 is 30.9 Å². The normalized spacial score (nSPS) is 15.1. The van der Waals surface area contributed by atoms with Crippen molar-refractivity contribution in [3.63, 3.8) is 0 Å². The Bertz CT molecular complexity index is 1320. The number of sulfonamides is 1. The molecule has 33 heavy (non-hydrogen) atoms. The summed E-state index contributed by atoms with van der Waals surface area (Å²) < 4.78 is 72.9. The summed E-state index contributed by atoms with van der Waals surface area (Å²) in [7, 11) is -4.08. The van der Waals surface area contributed by atoms with E-state index in [1.54, 1.807) is 0 Å². The van der Waals surface area contributed by atoms with Crippen LogP contribution in [0.4, 0.5) is 13.2 Å². The summed E-state index contributed by atoms with van der Waals surface area (Å²) in [6.07, 6.45) is 0. The fraction of sp³-hybridized carbons (Fsp3) is 0.238. The molecule has 2 aromatic carbocycles. The van der Waals surface area contributed by atoms with E-state index < -0.39 is 33.4 Å². The Morgan fingerprint density at radius 1 is 1.03 bits per heavy atom. The van der Waals surface area contributed by atoms with Crippen LogP contribution in [-0.4, -0.2) is 54.9 Å². The maximum absolute atomic E-state index is 14.4. The molecule has 1 aliphatic rings. The molecule has 2 heterocycles. The van der Waals surface area contributed by atoms with Crippen molar-refractivity contribution in [1.82, 2.24) is 14.4 Å². The average molecular weight is 500 g/mol. The smallest absolute Gasteiger partial charge is 0.259 e. The Hall–Kier alpha value is -2.89. The Kier molecular flexibility index (Phi) is 6.21. The van der Waals surface area contributed by atoms with E-state index in [9.17, 15) is 26.4 Å². The van der Waals surface area contributed by atoms with E-state index in [0.717, 1.165) is 16.4 Å². The lowest BCUT2D eigenvalue weighted by molar-refractivity contribution is 0.0696. The second-order valence-corrected chi connectivity index (χ2v) is 9.68. The molecule has 0 bridgehead atoms. The molecule has 0 saturated carbocycles. The van der Waals surface area contributed by atoms with Gasteiger partial charge in [-0.2, -0.15) is 4.31 Å². The van der Waals surface area contributed by atoms with Crippen molar-refractivity contribution in [2.45, 2.75) is 11.8 Å². The minimum Gasteiger partial charge on any atom is -0.360 e. The van der Waals surface area contributed by atoms with Crippen LogP contribution in [0, 0.1) is 24.4 Å². The van der Waals surface area contributed by atoms with Crippen molar-refractivity contribution in [3.8, 4) is 11.3 Å². The van der Waals surface area contributed by atoms with E-state index in [2.05, 4.69) is 5.16 Å². The van der Waals surface area contributed by atoms with Gasteiger partial charge in [0.1, 0.15) is 22.8 Å².